The highest BCUT2D eigenvalue weighted by Crippen LogP contribution is 2.27. The van der Waals surface area contributed by atoms with Crippen molar-refractivity contribution < 1.29 is 14.6 Å². The fourth-order valence-corrected chi connectivity index (χ4v) is 2.31. The molecule has 0 bridgehead atoms. The van der Waals surface area contributed by atoms with Crippen LogP contribution in [0.25, 0.3) is 0 Å². The lowest BCUT2D eigenvalue weighted by molar-refractivity contribution is -0.137. The van der Waals surface area contributed by atoms with Crippen molar-refractivity contribution in [2.75, 3.05) is 18.1 Å². The minimum absolute atomic E-state index is 0.354. The van der Waals surface area contributed by atoms with Crippen molar-refractivity contribution in [2.45, 2.75) is 6.04 Å². The van der Waals surface area contributed by atoms with Crippen molar-refractivity contribution in [3.05, 3.63) is 28.2 Å². The summed E-state index contributed by atoms with van der Waals surface area (Å²) in [5, 5.41) is 9.58. The number of benzene rings is 1. The number of carbonyl (C=O) groups is 1. The van der Waals surface area contributed by atoms with Crippen molar-refractivity contribution in [2.24, 2.45) is 5.73 Å². The normalized spacial score (nSPS) is 12.2. The van der Waals surface area contributed by atoms with Gasteiger partial charge in [-0.15, -0.1) is 0 Å². The number of aliphatic carboxylic acids is 1. The van der Waals surface area contributed by atoms with Gasteiger partial charge in [0, 0.05) is 16.5 Å². The summed E-state index contributed by atoms with van der Waals surface area (Å²) in [5.41, 5.74) is 5.35. The number of nitrogens with two attached hydrogens (primary N) is 1. The molecule has 100 valence electrons. The van der Waals surface area contributed by atoms with Gasteiger partial charge in [0.25, 0.3) is 0 Å². The topological polar surface area (TPSA) is 72.5 Å². The van der Waals surface area contributed by atoms with Crippen molar-refractivity contribution >= 4 is 40.9 Å². The zero-order valence-corrected chi connectivity index (χ0v) is 11.8. The highest BCUT2D eigenvalue weighted by atomic mass is 35.5. The van der Waals surface area contributed by atoms with Gasteiger partial charge in [-0.25, -0.2) is 0 Å². The molecule has 0 aliphatic carbocycles. The fraction of sp³-hybridized carbons (Fsp3) is 0.364. The third-order valence-electron chi connectivity index (χ3n) is 1.99. The molecule has 4 nitrogen and oxygen atoms in total. The molecule has 7 heteroatoms. The summed E-state index contributed by atoms with van der Waals surface area (Å²) in [6.45, 7) is 0.429. The summed E-state index contributed by atoms with van der Waals surface area (Å²) >= 11 is 13.1. The molecule has 0 aliphatic rings. The van der Waals surface area contributed by atoms with Crippen LogP contribution in [0.15, 0.2) is 18.2 Å². The van der Waals surface area contributed by atoms with Crippen LogP contribution in [-0.2, 0) is 4.79 Å². The molecule has 0 aromatic heterocycles. The van der Waals surface area contributed by atoms with E-state index in [1.165, 1.54) is 11.8 Å². The van der Waals surface area contributed by atoms with Crippen LogP contribution in [0.4, 0.5) is 0 Å². The highest BCUT2D eigenvalue weighted by molar-refractivity contribution is 7.99. The monoisotopic (exact) mass is 309 g/mol. The number of carboxylic acid groups (broad SMARTS) is 1. The van der Waals surface area contributed by atoms with Gasteiger partial charge in [0.2, 0.25) is 0 Å². The number of halogens is 2. The molecule has 0 fully saturated rings. The molecule has 0 heterocycles. The van der Waals surface area contributed by atoms with Gasteiger partial charge in [-0.05, 0) is 18.2 Å². The van der Waals surface area contributed by atoms with Crippen molar-refractivity contribution in [1.82, 2.24) is 0 Å². The molecule has 0 radical (unpaired) electrons. The van der Waals surface area contributed by atoms with E-state index in [-0.39, 0.29) is 0 Å². The van der Waals surface area contributed by atoms with Crippen LogP contribution in [0.2, 0.25) is 10.0 Å². The van der Waals surface area contributed by atoms with Crippen molar-refractivity contribution in [3.8, 4) is 5.75 Å². The van der Waals surface area contributed by atoms with Gasteiger partial charge in [-0.1, -0.05) is 23.2 Å². The number of carboxylic acids is 1. The lowest BCUT2D eigenvalue weighted by Gasteiger charge is -2.09. The Bertz CT molecular complexity index is 417. The molecule has 0 spiro atoms. The Kier molecular flexibility index (Phi) is 6.63. The lowest BCUT2D eigenvalue weighted by Crippen LogP contribution is -2.32. The molecule has 0 saturated heterocycles. The molecule has 0 saturated carbocycles. The molecular weight excluding hydrogens is 297 g/mol. The smallest absolute Gasteiger partial charge is 0.321 e. The van der Waals surface area contributed by atoms with Gasteiger partial charge in [0.1, 0.15) is 11.8 Å². The van der Waals surface area contributed by atoms with Crippen molar-refractivity contribution in [1.29, 1.82) is 0 Å². The molecular formula is C11H13Cl2NO3S. The Labute approximate surface area is 119 Å². The van der Waals surface area contributed by atoms with Gasteiger partial charge < -0.3 is 15.6 Å². The van der Waals surface area contributed by atoms with E-state index in [2.05, 4.69) is 0 Å². The summed E-state index contributed by atoms with van der Waals surface area (Å²) < 4.78 is 5.43. The maximum atomic E-state index is 10.5. The molecule has 3 N–H and O–H groups in total. The zero-order chi connectivity index (χ0) is 13.5. The second-order valence-corrected chi connectivity index (χ2v) is 5.44. The predicted octanol–water partition coefficient (Wildman–Crippen LogP) is 2.52. The Hall–Kier alpha value is -0.620. The van der Waals surface area contributed by atoms with Gasteiger partial charge in [0.05, 0.1) is 11.6 Å². The number of ether oxygens (including phenoxy) is 1. The average molecular weight is 310 g/mol. The number of hydrogen-bond donors (Lipinski definition) is 2. The standard InChI is InChI=1S/C11H13Cl2NO3S/c12-7-1-2-10(8(13)5-7)17-3-4-18-6-9(14)11(15)16/h1-2,5,9H,3-4,6,14H2,(H,15,16). The Balaban J connectivity index is 2.24. The van der Waals surface area contributed by atoms with Gasteiger partial charge >= 0.3 is 5.97 Å². The molecule has 1 unspecified atom stereocenters. The Morgan fingerprint density at radius 3 is 2.83 bits per heavy atom. The maximum Gasteiger partial charge on any atom is 0.321 e. The van der Waals surface area contributed by atoms with E-state index in [0.29, 0.717) is 33.9 Å². The third-order valence-corrected chi connectivity index (χ3v) is 3.57. The lowest BCUT2D eigenvalue weighted by atomic mass is 10.3. The van der Waals surface area contributed by atoms with Crippen LogP contribution in [0.3, 0.4) is 0 Å². The van der Waals surface area contributed by atoms with Crippen LogP contribution in [0.1, 0.15) is 0 Å². The van der Waals surface area contributed by atoms with E-state index in [1.54, 1.807) is 18.2 Å². The Morgan fingerprint density at radius 2 is 2.22 bits per heavy atom. The van der Waals surface area contributed by atoms with Crippen LogP contribution < -0.4 is 10.5 Å². The molecule has 1 rings (SSSR count). The fourth-order valence-electron chi connectivity index (χ4n) is 1.08. The van der Waals surface area contributed by atoms with E-state index in [9.17, 15) is 4.79 Å². The first-order chi connectivity index (χ1) is 8.50. The minimum Gasteiger partial charge on any atom is -0.491 e. The highest BCUT2D eigenvalue weighted by Gasteiger charge is 2.10. The largest absolute Gasteiger partial charge is 0.491 e. The average Bonchev–Trinajstić information content (AvgIpc) is 2.30. The summed E-state index contributed by atoms with van der Waals surface area (Å²) in [5.74, 6) is 0.556. The van der Waals surface area contributed by atoms with Gasteiger partial charge in [-0.3, -0.25) is 4.79 Å². The molecule has 0 amide bonds. The first-order valence-electron chi connectivity index (χ1n) is 5.14. The summed E-state index contributed by atoms with van der Waals surface area (Å²) in [6, 6.07) is 4.15. The van der Waals surface area contributed by atoms with E-state index in [0.717, 1.165) is 0 Å². The first-order valence-corrected chi connectivity index (χ1v) is 7.05. The molecule has 1 atom stereocenters. The Morgan fingerprint density at radius 1 is 1.50 bits per heavy atom. The number of hydrogen-bond acceptors (Lipinski definition) is 4. The van der Waals surface area contributed by atoms with Gasteiger partial charge in [0.15, 0.2) is 0 Å². The number of thioether (sulfide) groups is 1. The molecule has 1 aromatic carbocycles. The van der Waals surface area contributed by atoms with E-state index < -0.39 is 12.0 Å². The van der Waals surface area contributed by atoms with Crippen LogP contribution in [-0.4, -0.2) is 35.2 Å². The molecule has 0 aliphatic heterocycles. The first kappa shape index (κ1) is 15.4. The quantitative estimate of drug-likeness (QED) is 0.757. The van der Waals surface area contributed by atoms with Crippen molar-refractivity contribution in [3.63, 3.8) is 0 Å². The third kappa shape index (κ3) is 5.35. The van der Waals surface area contributed by atoms with Crippen LogP contribution in [0, 0.1) is 0 Å². The predicted molar refractivity (Wildman–Crippen MR) is 74.9 cm³/mol. The second-order valence-electron chi connectivity index (χ2n) is 3.44. The van der Waals surface area contributed by atoms with E-state index in [1.807, 2.05) is 0 Å². The summed E-state index contributed by atoms with van der Waals surface area (Å²) in [7, 11) is 0. The second kappa shape index (κ2) is 7.74. The zero-order valence-electron chi connectivity index (χ0n) is 9.44. The van der Waals surface area contributed by atoms with E-state index >= 15 is 0 Å². The number of rotatable bonds is 7. The SMILES string of the molecule is NC(CSCCOc1ccc(Cl)cc1Cl)C(=O)O. The maximum absolute atomic E-state index is 10.5. The van der Waals surface area contributed by atoms with E-state index in [4.69, 9.17) is 38.8 Å². The molecule has 18 heavy (non-hydrogen) atoms. The molecule has 1 aromatic rings. The van der Waals surface area contributed by atoms with Crippen LogP contribution >= 0.6 is 35.0 Å². The summed E-state index contributed by atoms with van der Waals surface area (Å²) in [6.07, 6.45) is 0. The van der Waals surface area contributed by atoms with Gasteiger partial charge in [-0.2, -0.15) is 11.8 Å². The minimum atomic E-state index is -0.996. The van der Waals surface area contributed by atoms with Crippen LogP contribution in [0.5, 0.6) is 5.75 Å². The summed E-state index contributed by atoms with van der Waals surface area (Å²) in [4.78, 5) is 10.5.